The number of morpholine rings is 1. The van der Waals surface area contributed by atoms with E-state index >= 15 is 0 Å². The summed E-state index contributed by atoms with van der Waals surface area (Å²) in [7, 11) is 0. The summed E-state index contributed by atoms with van der Waals surface area (Å²) in [4.78, 5) is 16.2. The van der Waals surface area contributed by atoms with Crippen LogP contribution in [-0.4, -0.2) is 70.4 Å². The van der Waals surface area contributed by atoms with E-state index in [1.165, 1.54) is 0 Å². The predicted octanol–water partition coefficient (Wildman–Crippen LogP) is 2.67. The quantitative estimate of drug-likeness (QED) is 0.485. The Morgan fingerprint density at radius 1 is 1.25 bits per heavy atom. The van der Waals surface area contributed by atoms with Crippen LogP contribution in [0.15, 0.2) is 30.6 Å². The molecular weight excluding hydrogens is 406 g/mol. The molecule has 0 atom stereocenters. The monoisotopic (exact) mass is 435 g/mol. The molecule has 4 rings (SSSR count). The third kappa shape index (κ3) is 5.52. The molecule has 3 heterocycles. The molecule has 1 aliphatic rings. The average molecular weight is 436 g/mol. The van der Waals surface area contributed by atoms with Gasteiger partial charge in [-0.05, 0) is 24.1 Å². The molecule has 0 amide bonds. The number of ether oxygens (including phenoxy) is 2. The van der Waals surface area contributed by atoms with E-state index in [-0.39, 0.29) is 0 Å². The van der Waals surface area contributed by atoms with Crippen LogP contribution in [0.5, 0.6) is 6.01 Å². The highest BCUT2D eigenvalue weighted by Gasteiger charge is 2.16. The van der Waals surface area contributed by atoms with Gasteiger partial charge in [0, 0.05) is 26.2 Å². The molecule has 3 aromatic rings. The van der Waals surface area contributed by atoms with Crippen molar-refractivity contribution < 1.29 is 9.47 Å². The van der Waals surface area contributed by atoms with E-state index in [9.17, 15) is 5.26 Å². The highest BCUT2D eigenvalue weighted by atomic mass is 16.5. The largest absolute Gasteiger partial charge is 0.463 e. The summed E-state index contributed by atoms with van der Waals surface area (Å²) < 4.78 is 13.2. The number of fused-ring (bicyclic) bond motifs is 1. The van der Waals surface area contributed by atoms with Crippen LogP contribution in [0.25, 0.3) is 11.2 Å². The van der Waals surface area contributed by atoms with Gasteiger partial charge in [0.15, 0.2) is 17.0 Å². The number of anilines is 1. The number of nitrogens with zero attached hydrogens (tertiary/aromatic N) is 6. The highest BCUT2D eigenvalue weighted by molar-refractivity contribution is 5.83. The Bertz CT molecular complexity index is 1070. The van der Waals surface area contributed by atoms with E-state index < -0.39 is 0 Å². The first-order valence-electron chi connectivity index (χ1n) is 11.2. The minimum absolute atomic E-state index is 0.354. The number of imidazole rings is 1. The molecule has 0 bridgehead atoms. The van der Waals surface area contributed by atoms with Gasteiger partial charge in [-0.25, -0.2) is 4.98 Å². The van der Waals surface area contributed by atoms with E-state index in [1.54, 1.807) is 12.4 Å². The molecule has 1 saturated heterocycles. The fraction of sp³-hybridized carbons (Fsp3) is 0.478. The predicted molar refractivity (Wildman–Crippen MR) is 122 cm³/mol. The van der Waals surface area contributed by atoms with Crippen LogP contribution in [-0.2, 0) is 11.3 Å². The smallest absolute Gasteiger partial charge is 0.320 e. The number of aromatic nitrogens is 4. The molecular formula is C23H29N7O2. The summed E-state index contributed by atoms with van der Waals surface area (Å²) in [6.45, 7) is 8.37. The van der Waals surface area contributed by atoms with Crippen molar-refractivity contribution in [2.75, 3.05) is 51.3 Å². The second-order valence-corrected chi connectivity index (χ2v) is 7.79. The maximum Gasteiger partial charge on any atom is 0.320 e. The third-order valence-corrected chi connectivity index (χ3v) is 5.41. The second-order valence-electron chi connectivity index (χ2n) is 7.79. The zero-order chi connectivity index (χ0) is 22.2. The normalized spacial score (nSPS) is 14.4. The van der Waals surface area contributed by atoms with Crippen molar-refractivity contribution in [3.63, 3.8) is 0 Å². The molecule has 0 saturated carbocycles. The van der Waals surface area contributed by atoms with Crippen molar-refractivity contribution in [1.29, 1.82) is 5.26 Å². The zero-order valence-electron chi connectivity index (χ0n) is 18.5. The standard InChI is InChI=1S/C23H29N7O2/c1-2-3-11-32-23-27-21(25-7-8-29-9-12-31-13-10-29)20-22(28-23)30(17-26-20)16-19-6-4-5-18(14-19)15-24/h4-6,14,17H,2-3,7-13,16H2,1H3,(H,25,27,28). The van der Waals surface area contributed by atoms with E-state index in [0.29, 0.717) is 41.7 Å². The SMILES string of the molecule is CCCCOc1nc(NCCN2CCOCC2)c2ncn(Cc3cccc(C#N)c3)c2n1. The minimum atomic E-state index is 0.354. The summed E-state index contributed by atoms with van der Waals surface area (Å²) >= 11 is 0. The number of unbranched alkanes of at least 4 members (excludes halogenated alkanes) is 1. The summed E-state index contributed by atoms with van der Waals surface area (Å²) in [6, 6.07) is 10.1. The van der Waals surface area contributed by atoms with Crippen molar-refractivity contribution in [2.24, 2.45) is 0 Å². The molecule has 0 unspecified atom stereocenters. The van der Waals surface area contributed by atoms with Gasteiger partial charge in [0.25, 0.3) is 0 Å². The number of rotatable bonds is 10. The van der Waals surface area contributed by atoms with Crippen molar-refractivity contribution in [3.8, 4) is 12.1 Å². The lowest BCUT2D eigenvalue weighted by Crippen LogP contribution is -2.39. The number of hydrogen-bond donors (Lipinski definition) is 1. The molecule has 1 aromatic carbocycles. The van der Waals surface area contributed by atoms with Crippen molar-refractivity contribution in [2.45, 2.75) is 26.3 Å². The third-order valence-electron chi connectivity index (χ3n) is 5.41. The lowest BCUT2D eigenvalue weighted by Gasteiger charge is -2.26. The van der Waals surface area contributed by atoms with Crippen LogP contribution < -0.4 is 10.1 Å². The average Bonchev–Trinajstić information content (AvgIpc) is 3.23. The molecule has 2 aromatic heterocycles. The lowest BCUT2D eigenvalue weighted by atomic mass is 10.1. The van der Waals surface area contributed by atoms with Crippen LogP contribution in [0.2, 0.25) is 0 Å². The molecule has 9 heteroatoms. The highest BCUT2D eigenvalue weighted by Crippen LogP contribution is 2.23. The topological polar surface area (TPSA) is 101 Å². The van der Waals surface area contributed by atoms with E-state index in [2.05, 4.69) is 38.2 Å². The molecule has 9 nitrogen and oxygen atoms in total. The number of hydrogen-bond acceptors (Lipinski definition) is 8. The van der Waals surface area contributed by atoms with Crippen LogP contribution in [0.4, 0.5) is 5.82 Å². The Kier molecular flexibility index (Phi) is 7.48. The van der Waals surface area contributed by atoms with Gasteiger partial charge in [-0.15, -0.1) is 0 Å². The van der Waals surface area contributed by atoms with E-state index in [1.807, 2.05) is 22.8 Å². The zero-order valence-corrected chi connectivity index (χ0v) is 18.5. The maximum absolute atomic E-state index is 9.19. The second kappa shape index (κ2) is 10.9. The van der Waals surface area contributed by atoms with Gasteiger partial charge in [-0.2, -0.15) is 15.2 Å². The van der Waals surface area contributed by atoms with Crippen molar-refractivity contribution >= 4 is 17.0 Å². The summed E-state index contributed by atoms with van der Waals surface area (Å²) in [6.07, 6.45) is 3.75. The molecule has 32 heavy (non-hydrogen) atoms. The first-order chi connectivity index (χ1) is 15.8. The Morgan fingerprint density at radius 2 is 2.12 bits per heavy atom. The van der Waals surface area contributed by atoms with Gasteiger partial charge < -0.3 is 19.4 Å². The summed E-state index contributed by atoms with van der Waals surface area (Å²) in [5.41, 5.74) is 3.07. The van der Waals surface area contributed by atoms with E-state index in [4.69, 9.17) is 9.47 Å². The van der Waals surface area contributed by atoms with Gasteiger partial charge in [-0.1, -0.05) is 25.5 Å². The first-order valence-corrected chi connectivity index (χ1v) is 11.2. The molecule has 0 spiro atoms. The van der Waals surface area contributed by atoms with Crippen molar-refractivity contribution in [3.05, 3.63) is 41.7 Å². The van der Waals surface area contributed by atoms with Crippen LogP contribution >= 0.6 is 0 Å². The Hall–Kier alpha value is -3.22. The fourth-order valence-corrected chi connectivity index (χ4v) is 3.63. The van der Waals surface area contributed by atoms with Gasteiger partial charge in [0.1, 0.15) is 0 Å². The molecule has 1 fully saturated rings. The maximum atomic E-state index is 9.19. The molecule has 1 aliphatic heterocycles. The van der Waals surface area contributed by atoms with Gasteiger partial charge >= 0.3 is 6.01 Å². The number of nitrogens with one attached hydrogen (secondary N) is 1. The van der Waals surface area contributed by atoms with Crippen LogP contribution in [0.3, 0.4) is 0 Å². The van der Waals surface area contributed by atoms with Crippen LogP contribution in [0, 0.1) is 11.3 Å². The minimum Gasteiger partial charge on any atom is -0.463 e. The Balaban J connectivity index is 1.55. The number of benzene rings is 1. The van der Waals surface area contributed by atoms with Crippen LogP contribution in [0.1, 0.15) is 30.9 Å². The lowest BCUT2D eigenvalue weighted by molar-refractivity contribution is 0.0398. The molecule has 168 valence electrons. The molecule has 0 aliphatic carbocycles. The summed E-state index contributed by atoms with van der Waals surface area (Å²) in [5.74, 6) is 0.680. The van der Waals surface area contributed by atoms with Gasteiger partial charge in [0.2, 0.25) is 0 Å². The van der Waals surface area contributed by atoms with Gasteiger partial charge in [-0.3, -0.25) is 4.90 Å². The van der Waals surface area contributed by atoms with Crippen molar-refractivity contribution in [1.82, 2.24) is 24.4 Å². The molecule has 1 N–H and O–H groups in total. The number of nitriles is 1. The summed E-state index contributed by atoms with van der Waals surface area (Å²) in [5, 5.41) is 12.6. The van der Waals surface area contributed by atoms with E-state index in [0.717, 1.165) is 57.8 Å². The van der Waals surface area contributed by atoms with Gasteiger partial charge in [0.05, 0.1) is 44.3 Å². The Morgan fingerprint density at radius 3 is 2.94 bits per heavy atom. The first kappa shape index (κ1) is 22.0. The fourth-order valence-electron chi connectivity index (χ4n) is 3.63. The Labute approximate surface area is 188 Å². The molecule has 0 radical (unpaired) electrons.